The molecule has 0 bridgehead atoms. The van der Waals surface area contributed by atoms with E-state index in [-0.39, 0.29) is 30.0 Å². The number of nitrogens with zero attached hydrogens (tertiary/aromatic N) is 3. The maximum atomic E-state index is 13.7. The first-order chi connectivity index (χ1) is 16.7. The minimum absolute atomic E-state index is 0.0213. The van der Waals surface area contributed by atoms with Gasteiger partial charge in [-0.05, 0) is 18.2 Å². The summed E-state index contributed by atoms with van der Waals surface area (Å²) in [5.41, 5.74) is 6.39. The van der Waals surface area contributed by atoms with Gasteiger partial charge in [-0.1, -0.05) is 18.2 Å². The number of hydrogen-bond acceptors (Lipinski definition) is 6. The summed E-state index contributed by atoms with van der Waals surface area (Å²) < 4.78 is 46.2. The average molecular weight is 483 g/mol. The van der Waals surface area contributed by atoms with Crippen LogP contribution in [0.25, 0.3) is 33.1 Å². The van der Waals surface area contributed by atoms with Crippen LogP contribution in [-0.2, 0) is 4.74 Å². The number of halogens is 3. The smallest absolute Gasteiger partial charge is 0.379 e. The number of methoxy groups -OCH3 is 1. The van der Waals surface area contributed by atoms with Crippen LogP contribution in [0.2, 0.25) is 0 Å². The van der Waals surface area contributed by atoms with Crippen LogP contribution < -0.4 is 16.1 Å². The Kier molecular flexibility index (Phi) is 5.43. The maximum Gasteiger partial charge on any atom is 0.396 e. The number of anilines is 1. The van der Waals surface area contributed by atoms with E-state index in [4.69, 9.17) is 10.5 Å². The van der Waals surface area contributed by atoms with Crippen molar-refractivity contribution in [3.8, 4) is 11.3 Å². The number of nitrogens with one attached hydrogen (secondary N) is 1. The number of benzene rings is 1. The van der Waals surface area contributed by atoms with E-state index in [1.165, 1.54) is 30.3 Å². The highest BCUT2D eigenvalue weighted by atomic mass is 19.4. The number of pyridine rings is 3. The number of H-pyrrole nitrogens is 1. The third-order valence-corrected chi connectivity index (χ3v) is 6.26. The maximum absolute atomic E-state index is 13.7. The molecule has 11 heteroatoms. The van der Waals surface area contributed by atoms with E-state index in [1.54, 1.807) is 18.2 Å². The Labute approximate surface area is 196 Å². The highest BCUT2D eigenvalue weighted by molar-refractivity contribution is 6.04. The van der Waals surface area contributed by atoms with Crippen molar-refractivity contribution in [2.75, 3.05) is 25.1 Å². The van der Waals surface area contributed by atoms with Crippen LogP contribution in [0.3, 0.4) is 0 Å². The van der Waals surface area contributed by atoms with Gasteiger partial charge in [0.05, 0.1) is 28.2 Å². The molecule has 1 aliphatic rings. The summed E-state index contributed by atoms with van der Waals surface area (Å²) in [6.07, 6.45) is -4.16. The highest BCUT2D eigenvalue weighted by Gasteiger charge is 2.50. The van der Waals surface area contributed by atoms with Crippen molar-refractivity contribution < 1.29 is 22.7 Å². The lowest BCUT2D eigenvalue weighted by molar-refractivity contribution is -0.191. The second-order valence-electron chi connectivity index (χ2n) is 8.37. The van der Waals surface area contributed by atoms with Crippen LogP contribution in [0.15, 0.2) is 53.5 Å². The van der Waals surface area contributed by atoms with Gasteiger partial charge in [0.15, 0.2) is 5.43 Å². The number of carbonyl (C=O) groups excluding carboxylic acids is 1. The Morgan fingerprint density at radius 1 is 1.20 bits per heavy atom. The van der Waals surface area contributed by atoms with Gasteiger partial charge < -0.3 is 20.4 Å². The first kappa shape index (κ1) is 22.8. The SMILES string of the molecule is CO[C@H]1CN(c2nc3ccccc3cc2-c2cc(=O)c3c(C(N)=O)nccc3[nH]2)C[C@H]1C(F)(F)F. The summed E-state index contributed by atoms with van der Waals surface area (Å²) in [7, 11) is 1.26. The number of aromatic nitrogens is 3. The normalized spacial score (nSPS) is 18.5. The predicted molar refractivity (Wildman–Crippen MR) is 124 cm³/mol. The van der Waals surface area contributed by atoms with E-state index >= 15 is 0 Å². The molecule has 0 saturated carbocycles. The van der Waals surface area contributed by atoms with Gasteiger partial charge in [-0.3, -0.25) is 14.6 Å². The molecule has 1 saturated heterocycles. The van der Waals surface area contributed by atoms with Crippen molar-refractivity contribution in [1.82, 2.24) is 15.0 Å². The van der Waals surface area contributed by atoms with Gasteiger partial charge in [0, 0.05) is 43.4 Å². The first-order valence-electron chi connectivity index (χ1n) is 10.7. The number of hydrogen-bond donors (Lipinski definition) is 2. The molecule has 1 aromatic carbocycles. The fraction of sp³-hybridized carbons (Fsp3) is 0.250. The average Bonchev–Trinajstić information content (AvgIpc) is 3.28. The zero-order valence-corrected chi connectivity index (χ0v) is 18.5. The van der Waals surface area contributed by atoms with E-state index in [0.29, 0.717) is 22.3 Å². The topological polar surface area (TPSA) is 114 Å². The molecule has 5 rings (SSSR count). The van der Waals surface area contributed by atoms with Gasteiger partial charge >= 0.3 is 6.18 Å². The molecule has 35 heavy (non-hydrogen) atoms. The van der Waals surface area contributed by atoms with Crippen molar-refractivity contribution in [2.45, 2.75) is 12.3 Å². The van der Waals surface area contributed by atoms with Gasteiger partial charge in [0.25, 0.3) is 5.91 Å². The molecule has 1 fully saturated rings. The lowest BCUT2D eigenvalue weighted by atomic mass is 10.1. The van der Waals surface area contributed by atoms with Gasteiger partial charge in [-0.2, -0.15) is 13.2 Å². The summed E-state index contributed by atoms with van der Waals surface area (Å²) >= 11 is 0. The number of para-hydroxylation sites is 1. The second kappa shape index (κ2) is 8.35. The van der Waals surface area contributed by atoms with Crippen molar-refractivity contribution in [3.05, 3.63) is 64.6 Å². The van der Waals surface area contributed by atoms with E-state index in [9.17, 15) is 22.8 Å². The van der Waals surface area contributed by atoms with Gasteiger partial charge in [0.1, 0.15) is 17.4 Å². The zero-order valence-electron chi connectivity index (χ0n) is 18.5. The van der Waals surface area contributed by atoms with Crippen molar-refractivity contribution in [2.24, 2.45) is 11.7 Å². The number of primary amides is 1. The van der Waals surface area contributed by atoms with E-state index in [2.05, 4.69) is 15.0 Å². The zero-order chi connectivity index (χ0) is 24.9. The fourth-order valence-electron chi connectivity index (χ4n) is 4.58. The number of nitrogens with two attached hydrogens (primary N) is 1. The summed E-state index contributed by atoms with van der Waals surface area (Å²) in [5, 5.41) is 0.784. The lowest BCUT2D eigenvalue weighted by Gasteiger charge is -2.22. The van der Waals surface area contributed by atoms with E-state index in [1.807, 2.05) is 12.1 Å². The Morgan fingerprint density at radius 2 is 1.97 bits per heavy atom. The molecule has 0 spiro atoms. The molecule has 4 aromatic rings. The van der Waals surface area contributed by atoms with Gasteiger partial charge in [0.2, 0.25) is 0 Å². The summed E-state index contributed by atoms with van der Waals surface area (Å²) in [6, 6.07) is 11.8. The summed E-state index contributed by atoms with van der Waals surface area (Å²) in [4.78, 5) is 38.0. The molecule has 0 aliphatic carbocycles. The summed E-state index contributed by atoms with van der Waals surface area (Å²) in [5.74, 6) is -2.24. The largest absolute Gasteiger partial charge is 0.396 e. The number of carbonyl (C=O) groups is 1. The van der Waals surface area contributed by atoms with Crippen LogP contribution >= 0.6 is 0 Å². The first-order valence-corrected chi connectivity index (χ1v) is 10.7. The molecule has 1 amide bonds. The second-order valence-corrected chi connectivity index (χ2v) is 8.37. The predicted octanol–water partition coefficient (Wildman–Crippen LogP) is 3.25. The highest BCUT2D eigenvalue weighted by Crippen LogP contribution is 2.40. The Morgan fingerprint density at radius 3 is 2.66 bits per heavy atom. The van der Waals surface area contributed by atoms with Crippen LogP contribution in [0.4, 0.5) is 19.0 Å². The summed E-state index contributed by atoms with van der Waals surface area (Å²) in [6.45, 7) is -0.361. The third kappa shape index (κ3) is 3.97. The fourth-order valence-corrected chi connectivity index (χ4v) is 4.58. The van der Waals surface area contributed by atoms with Crippen LogP contribution in [0, 0.1) is 5.92 Å². The Bertz CT molecular complexity index is 1520. The minimum atomic E-state index is -4.44. The van der Waals surface area contributed by atoms with Crippen molar-refractivity contribution in [1.29, 1.82) is 0 Å². The molecular weight excluding hydrogens is 463 g/mol. The number of alkyl halides is 3. The molecule has 1 aliphatic heterocycles. The molecule has 3 aromatic heterocycles. The molecular formula is C24H20F3N5O3. The van der Waals surface area contributed by atoms with Crippen LogP contribution in [0.5, 0.6) is 0 Å². The van der Waals surface area contributed by atoms with Crippen molar-refractivity contribution in [3.63, 3.8) is 0 Å². The number of amides is 1. The number of fused-ring (bicyclic) bond motifs is 2. The monoisotopic (exact) mass is 483 g/mol. The van der Waals surface area contributed by atoms with Gasteiger partial charge in [-0.25, -0.2) is 4.98 Å². The molecule has 180 valence electrons. The van der Waals surface area contributed by atoms with Crippen LogP contribution in [-0.4, -0.2) is 53.3 Å². The van der Waals surface area contributed by atoms with Gasteiger partial charge in [-0.15, -0.1) is 0 Å². The molecule has 2 atom stereocenters. The molecule has 0 unspecified atom stereocenters. The number of ether oxygens (including phenoxy) is 1. The molecule has 3 N–H and O–H groups in total. The third-order valence-electron chi connectivity index (χ3n) is 6.26. The minimum Gasteiger partial charge on any atom is -0.379 e. The quantitative estimate of drug-likeness (QED) is 0.461. The Hall–Kier alpha value is -3.99. The molecule has 4 heterocycles. The lowest BCUT2D eigenvalue weighted by Crippen LogP contribution is -2.34. The van der Waals surface area contributed by atoms with E-state index in [0.717, 1.165) is 5.39 Å². The standard InChI is InChI=1S/C24H20F3N5O3/c1-35-19-11-32(10-14(19)24(25,26)27)23-13(8-12-4-2-3-5-15(12)31-23)17-9-18(33)20-16(30-17)6-7-29-21(20)22(28)34/h2-9,14,19H,10-11H2,1H3,(H2,28,34)(H,30,33)/t14-,19+/m1/s1. The van der Waals surface area contributed by atoms with E-state index < -0.39 is 29.5 Å². The number of aromatic amines is 1. The number of rotatable bonds is 4. The Balaban J connectivity index is 1.71. The molecule has 0 radical (unpaired) electrons. The van der Waals surface area contributed by atoms with Crippen LogP contribution in [0.1, 0.15) is 10.5 Å². The molecule has 8 nitrogen and oxygen atoms in total. The van der Waals surface area contributed by atoms with Crippen molar-refractivity contribution >= 4 is 33.5 Å².